The van der Waals surface area contributed by atoms with Crippen molar-refractivity contribution >= 4 is 11.3 Å². The first kappa shape index (κ1) is 17.5. The summed E-state index contributed by atoms with van der Waals surface area (Å²) < 4.78 is 27.1. The first-order valence-corrected chi connectivity index (χ1v) is 9.41. The Hall–Kier alpha value is -1.30. The highest BCUT2D eigenvalue weighted by atomic mass is 32.1. The summed E-state index contributed by atoms with van der Waals surface area (Å²) in [5.74, 6) is -0.769. The van der Waals surface area contributed by atoms with E-state index in [1.807, 2.05) is 0 Å². The van der Waals surface area contributed by atoms with Crippen LogP contribution in [-0.4, -0.2) is 36.5 Å². The second-order valence-corrected chi connectivity index (χ2v) is 7.54. The van der Waals surface area contributed by atoms with Crippen LogP contribution in [0.15, 0.2) is 35.0 Å². The molecule has 0 radical (unpaired) electrons. The molecule has 2 nitrogen and oxygen atoms in total. The molecule has 0 bridgehead atoms. The van der Waals surface area contributed by atoms with Crippen molar-refractivity contribution in [3.63, 3.8) is 0 Å². The number of likely N-dealkylation sites (tertiary alicyclic amines) is 1. The molecule has 0 unspecified atom stereocenters. The second-order valence-electron chi connectivity index (χ2n) is 6.76. The van der Waals surface area contributed by atoms with E-state index in [1.165, 1.54) is 11.6 Å². The number of hydrogen-bond acceptors (Lipinski definition) is 3. The number of halogens is 2. The highest BCUT2D eigenvalue weighted by molar-refractivity contribution is 7.07. The lowest BCUT2D eigenvalue weighted by atomic mass is 9.95. The molecule has 1 aliphatic heterocycles. The van der Waals surface area contributed by atoms with Gasteiger partial charge in [0.1, 0.15) is 0 Å². The van der Waals surface area contributed by atoms with Crippen LogP contribution in [0.5, 0.6) is 0 Å². The fourth-order valence-corrected chi connectivity index (χ4v) is 4.10. The number of thiophene rings is 1. The van der Waals surface area contributed by atoms with E-state index >= 15 is 0 Å². The summed E-state index contributed by atoms with van der Waals surface area (Å²) in [7, 11) is 2.17. The molecule has 2 heterocycles. The molecule has 0 saturated carbocycles. The predicted octanol–water partition coefficient (Wildman–Crippen LogP) is 4.37. The van der Waals surface area contributed by atoms with Crippen LogP contribution < -0.4 is 0 Å². The van der Waals surface area contributed by atoms with Gasteiger partial charge >= 0.3 is 0 Å². The van der Waals surface area contributed by atoms with Crippen LogP contribution in [0.3, 0.4) is 0 Å². The van der Waals surface area contributed by atoms with Crippen molar-refractivity contribution in [1.82, 2.24) is 9.80 Å². The van der Waals surface area contributed by atoms with Crippen LogP contribution >= 0.6 is 11.3 Å². The molecule has 0 aliphatic carbocycles. The Morgan fingerprint density at radius 1 is 1.21 bits per heavy atom. The van der Waals surface area contributed by atoms with E-state index in [2.05, 4.69) is 33.7 Å². The molecule has 3 rings (SSSR count). The van der Waals surface area contributed by atoms with Crippen molar-refractivity contribution in [1.29, 1.82) is 0 Å². The molecular formula is C19H24F2N2S. The molecule has 24 heavy (non-hydrogen) atoms. The van der Waals surface area contributed by atoms with Crippen LogP contribution in [0.25, 0.3) is 0 Å². The predicted molar refractivity (Wildman–Crippen MR) is 95.0 cm³/mol. The average molecular weight is 350 g/mol. The van der Waals surface area contributed by atoms with Crippen LogP contribution in [0.4, 0.5) is 8.78 Å². The zero-order valence-corrected chi connectivity index (χ0v) is 14.9. The van der Waals surface area contributed by atoms with Crippen LogP contribution in [-0.2, 0) is 13.1 Å². The largest absolute Gasteiger partial charge is 0.302 e. The van der Waals surface area contributed by atoms with Crippen molar-refractivity contribution in [3.05, 3.63) is 57.8 Å². The van der Waals surface area contributed by atoms with Crippen molar-refractivity contribution in [3.8, 4) is 0 Å². The molecule has 1 aromatic carbocycles. The minimum atomic E-state index is -0.752. The first-order valence-electron chi connectivity index (χ1n) is 8.46. The third kappa shape index (κ3) is 4.62. The normalized spacial score (nSPS) is 16.8. The Morgan fingerprint density at radius 2 is 2.00 bits per heavy atom. The van der Waals surface area contributed by atoms with Crippen LogP contribution in [0.1, 0.15) is 24.0 Å². The molecule has 1 aliphatic rings. The summed E-state index contributed by atoms with van der Waals surface area (Å²) in [6.45, 7) is 4.50. The molecule has 1 fully saturated rings. The first-order chi connectivity index (χ1) is 11.6. The fourth-order valence-electron chi connectivity index (χ4n) is 3.44. The molecular weight excluding hydrogens is 326 g/mol. The Kier molecular flexibility index (Phi) is 5.98. The van der Waals surface area contributed by atoms with E-state index in [9.17, 15) is 8.78 Å². The Bertz CT molecular complexity index is 637. The van der Waals surface area contributed by atoms with Gasteiger partial charge in [-0.05, 0) is 67.4 Å². The summed E-state index contributed by atoms with van der Waals surface area (Å²) in [5, 5.41) is 4.32. The van der Waals surface area contributed by atoms with E-state index in [-0.39, 0.29) is 0 Å². The summed E-state index contributed by atoms with van der Waals surface area (Å²) in [5.41, 5.74) is 1.84. The molecule has 0 N–H and O–H groups in total. The molecule has 5 heteroatoms. The van der Waals surface area contributed by atoms with Gasteiger partial charge in [0.15, 0.2) is 11.6 Å². The second kappa shape index (κ2) is 8.19. The number of nitrogens with zero attached hydrogens (tertiary/aromatic N) is 2. The Labute approximate surface area is 146 Å². The van der Waals surface area contributed by atoms with E-state index in [1.54, 1.807) is 23.5 Å². The van der Waals surface area contributed by atoms with E-state index in [4.69, 9.17) is 0 Å². The lowest BCUT2D eigenvalue weighted by Gasteiger charge is -2.34. The highest BCUT2D eigenvalue weighted by Crippen LogP contribution is 2.22. The molecule has 2 aromatic rings. The monoisotopic (exact) mass is 350 g/mol. The molecule has 1 saturated heterocycles. The highest BCUT2D eigenvalue weighted by Gasteiger charge is 2.21. The summed E-state index contributed by atoms with van der Waals surface area (Å²) in [6, 6.07) is 6.62. The maximum absolute atomic E-state index is 13.8. The van der Waals surface area contributed by atoms with Gasteiger partial charge in [-0.15, -0.1) is 0 Å². The Morgan fingerprint density at radius 3 is 2.71 bits per heavy atom. The molecule has 0 spiro atoms. The van der Waals surface area contributed by atoms with Gasteiger partial charge in [0.25, 0.3) is 0 Å². The average Bonchev–Trinajstić information content (AvgIpc) is 3.06. The smallest absolute Gasteiger partial charge is 0.163 e. The zero-order chi connectivity index (χ0) is 16.9. The van der Waals surface area contributed by atoms with E-state index < -0.39 is 11.6 Å². The SMILES string of the molecule is CN(Cc1ccsc1)CC1CCN(Cc2cccc(F)c2F)CC1. The lowest BCUT2D eigenvalue weighted by molar-refractivity contribution is 0.146. The lowest BCUT2D eigenvalue weighted by Crippen LogP contribution is -2.37. The van der Waals surface area contributed by atoms with Crippen molar-refractivity contribution in [2.75, 3.05) is 26.7 Å². The van der Waals surface area contributed by atoms with Gasteiger partial charge in [-0.2, -0.15) is 11.3 Å². The standard InChI is InChI=1S/C19H24F2N2S/c1-22(12-16-7-10-24-14-16)11-15-5-8-23(9-6-15)13-17-3-2-4-18(20)19(17)21/h2-4,7,10,14-15H,5-6,8-9,11-13H2,1H3. The molecule has 1 aromatic heterocycles. The van der Waals surface area contributed by atoms with Crippen molar-refractivity contribution < 1.29 is 8.78 Å². The van der Waals surface area contributed by atoms with Crippen LogP contribution in [0.2, 0.25) is 0 Å². The molecule has 0 amide bonds. The molecule has 0 atom stereocenters. The summed E-state index contributed by atoms with van der Waals surface area (Å²) in [6.07, 6.45) is 2.23. The van der Waals surface area contributed by atoms with Crippen molar-refractivity contribution in [2.45, 2.75) is 25.9 Å². The fraction of sp³-hybridized carbons (Fsp3) is 0.474. The third-order valence-corrected chi connectivity index (χ3v) is 5.47. The van der Waals surface area contributed by atoms with Gasteiger partial charge in [-0.25, -0.2) is 8.78 Å². The summed E-state index contributed by atoms with van der Waals surface area (Å²) in [4.78, 5) is 4.61. The van der Waals surface area contributed by atoms with Crippen molar-refractivity contribution in [2.24, 2.45) is 5.92 Å². The van der Waals surface area contributed by atoms with E-state index in [0.29, 0.717) is 18.0 Å². The number of piperidine rings is 1. The van der Waals surface area contributed by atoms with Gasteiger partial charge in [-0.1, -0.05) is 12.1 Å². The number of hydrogen-bond donors (Lipinski definition) is 0. The quantitative estimate of drug-likeness (QED) is 0.763. The topological polar surface area (TPSA) is 6.48 Å². The third-order valence-electron chi connectivity index (χ3n) is 4.74. The molecule has 130 valence electrons. The van der Waals surface area contributed by atoms with Gasteiger partial charge < -0.3 is 4.90 Å². The summed E-state index contributed by atoms with van der Waals surface area (Å²) >= 11 is 1.74. The maximum atomic E-state index is 13.8. The van der Waals surface area contributed by atoms with Gasteiger partial charge in [0, 0.05) is 25.2 Å². The Balaban J connectivity index is 1.44. The minimum absolute atomic E-state index is 0.461. The zero-order valence-electron chi connectivity index (χ0n) is 14.0. The van der Waals surface area contributed by atoms with Crippen LogP contribution in [0, 0.1) is 17.6 Å². The van der Waals surface area contributed by atoms with E-state index in [0.717, 1.165) is 39.0 Å². The van der Waals surface area contributed by atoms with Gasteiger partial charge in [0.2, 0.25) is 0 Å². The van der Waals surface area contributed by atoms with Gasteiger partial charge in [-0.3, -0.25) is 4.90 Å². The number of rotatable bonds is 6. The number of benzene rings is 1. The minimum Gasteiger partial charge on any atom is -0.302 e. The maximum Gasteiger partial charge on any atom is 0.163 e. The van der Waals surface area contributed by atoms with Gasteiger partial charge in [0.05, 0.1) is 0 Å².